The molecule has 8 heteroatoms. The summed E-state index contributed by atoms with van der Waals surface area (Å²) in [4.78, 5) is 21.2. The van der Waals surface area contributed by atoms with Crippen LogP contribution in [0.3, 0.4) is 0 Å². The normalized spacial score (nSPS) is 10.9. The van der Waals surface area contributed by atoms with Gasteiger partial charge in [0.2, 0.25) is 5.88 Å². The van der Waals surface area contributed by atoms with Crippen molar-refractivity contribution in [2.24, 2.45) is 0 Å². The number of carboxylic acids is 2. The minimum Gasteiger partial charge on any atom is -0.493 e. The smallest absolute Gasteiger partial charge is 0.307 e. The van der Waals surface area contributed by atoms with Gasteiger partial charge in [0, 0.05) is 13.0 Å². The van der Waals surface area contributed by atoms with E-state index in [1.165, 1.54) is 16.7 Å². The minimum atomic E-state index is -0.958. The first kappa shape index (κ1) is 15.4. The van der Waals surface area contributed by atoms with E-state index in [0.29, 0.717) is 21.8 Å². The molecule has 0 saturated carbocycles. The Hall–Kier alpha value is -1.67. The Bertz CT molecular complexity index is 558. The molecule has 0 amide bonds. The summed E-state index contributed by atoms with van der Waals surface area (Å²) in [5, 5.41) is 26.9. The van der Waals surface area contributed by atoms with Crippen molar-refractivity contribution >= 4 is 41.6 Å². The molecule has 0 unspecified atom stereocenters. The maximum absolute atomic E-state index is 10.4. The lowest BCUT2D eigenvalue weighted by Crippen LogP contribution is -2.01. The van der Waals surface area contributed by atoms with Gasteiger partial charge in [-0.15, -0.1) is 11.3 Å². The summed E-state index contributed by atoms with van der Waals surface area (Å²) in [5.74, 6) is -1.91. The summed E-state index contributed by atoms with van der Waals surface area (Å²) in [6.45, 7) is 0.320. The lowest BCUT2D eigenvalue weighted by Gasteiger charge is -2.02. The number of aromatic nitrogens is 1. The van der Waals surface area contributed by atoms with E-state index in [4.69, 9.17) is 22.4 Å². The molecule has 0 aromatic carbocycles. The third-order valence-electron chi connectivity index (χ3n) is 2.23. The number of carboxylic acid groups (broad SMARTS) is 2. The Labute approximate surface area is 118 Å². The number of aliphatic carboxylic acids is 2. The molecule has 0 fully saturated rings. The Morgan fingerprint density at radius 1 is 1.32 bits per heavy atom. The lowest BCUT2D eigenvalue weighted by atomic mass is 10.3. The van der Waals surface area contributed by atoms with Crippen molar-refractivity contribution < 1.29 is 24.9 Å². The van der Waals surface area contributed by atoms with Crippen LogP contribution in [0.2, 0.25) is 0 Å². The molecular formula is C11H13NO5S2. The monoisotopic (exact) mass is 303 g/mol. The Morgan fingerprint density at radius 2 is 2.00 bits per heavy atom. The summed E-state index contributed by atoms with van der Waals surface area (Å²) in [7, 11) is 0. The Kier molecular flexibility index (Phi) is 5.71. The summed E-state index contributed by atoms with van der Waals surface area (Å²) < 4.78 is 1.88. The second-order valence-corrected chi connectivity index (χ2v) is 5.38. The van der Waals surface area contributed by atoms with Gasteiger partial charge in [0.25, 0.3) is 0 Å². The quantitative estimate of drug-likeness (QED) is 0.669. The van der Waals surface area contributed by atoms with Crippen LogP contribution in [0.4, 0.5) is 0 Å². The molecule has 1 aromatic heterocycles. The van der Waals surface area contributed by atoms with Crippen LogP contribution in [0, 0.1) is 3.95 Å². The second kappa shape index (κ2) is 7.05. The summed E-state index contributed by atoms with van der Waals surface area (Å²) in [6.07, 6.45) is 3.15. The topological polar surface area (TPSA) is 99.8 Å². The number of hydrogen-bond donors (Lipinski definition) is 3. The number of rotatable bonds is 7. The predicted octanol–water partition coefficient (Wildman–Crippen LogP) is 2.34. The SMILES string of the molecule is O=C(O)CC=Cc1sc(=S)n(CCCC(=O)O)c1O. The number of hydrogen-bond acceptors (Lipinski definition) is 5. The van der Waals surface area contributed by atoms with Crippen LogP contribution in [-0.2, 0) is 16.1 Å². The maximum Gasteiger partial charge on any atom is 0.307 e. The van der Waals surface area contributed by atoms with E-state index in [1.807, 2.05) is 0 Å². The van der Waals surface area contributed by atoms with E-state index in [-0.39, 0.29) is 18.7 Å². The summed E-state index contributed by atoms with van der Waals surface area (Å²) in [6, 6.07) is 0. The molecule has 104 valence electrons. The number of nitrogens with zero attached hydrogens (tertiary/aromatic N) is 1. The first-order valence-corrected chi connectivity index (χ1v) is 6.67. The summed E-state index contributed by atoms with van der Waals surface area (Å²) >= 11 is 6.22. The maximum atomic E-state index is 10.4. The van der Waals surface area contributed by atoms with Crippen LogP contribution in [0.1, 0.15) is 24.1 Å². The van der Waals surface area contributed by atoms with E-state index < -0.39 is 11.9 Å². The van der Waals surface area contributed by atoms with E-state index in [0.717, 1.165) is 11.3 Å². The molecule has 0 aliphatic rings. The highest BCUT2D eigenvalue weighted by Gasteiger charge is 2.09. The van der Waals surface area contributed by atoms with E-state index in [9.17, 15) is 14.7 Å². The molecule has 3 N–H and O–H groups in total. The van der Waals surface area contributed by atoms with Crippen molar-refractivity contribution in [3.63, 3.8) is 0 Å². The zero-order valence-corrected chi connectivity index (χ0v) is 11.5. The van der Waals surface area contributed by atoms with Crippen molar-refractivity contribution in [2.75, 3.05) is 0 Å². The van der Waals surface area contributed by atoms with Gasteiger partial charge in [-0.3, -0.25) is 14.2 Å². The van der Waals surface area contributed by atoms with Gasteiger partial charge in [-0.25, -0.2) is 0 Å². The number of thiazole rings is 1. The molecule has 0 radical (unpaired) electrons. The Morgan fingerprint density at radius 3 is 2.58 bits per heavy atom. The Balaban J connectivity index is 2.76. The van der Waals surface area contributed by atoms with Gasteiger partial charge in [0.15, 0.2) is 3.95 Å². The molecule has 0 aliphatic heterocycles. The zero-order chi connectivity index (χ0) is 14.4. The van der Waals surface area contributed by atoms with Crippen LogP contribution >= 0.6 is 23.6 Å². The fraction of sp³-hybridized carbons (Fsp3) is 0.364. The van der Waals surface area contributed by atoms with E-state index >= 15 is 0 Å². The molecule has 1 aromatic rings. The van der Waals surface area contributed by atoms with Crippen LogP contribution in [-0.4, -0.2) is 31.8 Å². The van der Waals surface area contributed by atoms with Crippen molar-refractivity contribution in [2.45, 2.75) is 25.8 Å². The van der Waals surface area contributed by atoms with Crippen molar-refractivity contribution in [3.8, 4) is 5.88 Å². The zero-order valence-electron chi connectivity index (χ0n) is 9.90. The molecule has 0 aliphatic carbocycles. The fourth-order valence-corrected chi connectivity index (χ4v) is 2.66. The van der Waals surface area contributed by atoms with Crippen molar-refractivity contribution in [1.29, 1.82) is 0 Å². The minimum absolute atomic E-state index is 0.00124. The first-order chi connectivity index (χ1) is 8.91. The van der Waals surface area contributed by atoms with Gasteiger partial charge in [-0.2, -0.15) is 0 Å². The van der Waals surface area contributed by atoms with Crippen LogP contribution in [0.5, 0.6) is 5.88 Å². The van der Waals surface area contributed by atoms with Crippen LogP contribution in [0.15, 0.2) is 6.08 Å². The third kappa shape index (κ3) is 4.84. The molecule has 19 heavy (non-hydrogen) atoms. The van der Waals surface area contributed by atoms with Gasteiger partial charge in [0.1, 0.15) is 0 Å². The van der Waals surface area contributed by atoms with Crippen molar-refractivity contribution in [3.05, 3.63) is 14.9 Å². The third-order valence-corrected chi connectivity index (χ3v) is 3.63. The van der Waals surface area contributed by atoms with Crippen LogP contribution in [0.25, 0.3) is 6.08 Å². The van der Waals surface area contributed by atoms with Gasteiger partial charge in [0.05, 0.1) is 11.3 Å². The highest BCUT2D eigenvalue weighted by Crippen LogP contribution is 2.27. The molecule has 1 heterocycles. The average molecular weight is 303 g/mol. The fourth-order valence-electron chi connectivity index (χ4n) is 1.38. The standard InChI is InChI=1S/C11H13NO5S2/c13-8(14)4-1-3-7-10(17)12(11(18)19-7)6-2-5-9(15)16/h1,3,17H,2,4-6H2,(H,13,14)(H,15,16). The first-order valence-electron chi connectivity index (χ1n) is 5.44. The van der Waals surface area contributed by atoms with E-state index in [1.54, 1.807) is 0 Å². The largest absolute Gasteiger partial charge is 0.493 e. The lowest BCUT2D eigenvalue weighted by molar-refractivity contribution is -0.137. The number of carbonyl (C=O) groups is 2. The number of aromatic hydroxyl groups is 1. The predicted molar refractivity (Wildman–Crippen MR) is 73.0 cm³/mol. The second-order valence-electron chi connectivity index (χ2n) is 3.70. The van der Waals surface area contributed by atoms with Crippen molar-refractivity contribution in [1.82, 2.24) is 4.57 Å². The van der Waals surface area contributed by atoms with Gasteiger partial charge in [-0.05, 0) is 24.7 Å². The highest BCUT2D eigenvalue weighted by atomic mass is 32.1. The van der Waals surface area contributed by atoms with Crippen LogP contribution < -0.4 is 0 Å². The van der Waals surface area contributed by atoms with Gasteiger partial charge >= 0.3 is 11.9 Å². The molecule has 0 bridgehead atoms. The average Bonchev–Trinajstić information content (AvgIpc) is 2.56. The molecular weight excluding hydrogens is 290 g/mol. The highest BCUT2D eigenvalue weighted by molar-refractivity contribution is 7.73. The van der Waals surface area contributed by atoms with Gasteiger partial charge < -0.3 is 15.3 Å². The molecule has 1 rings (SSSR count). The van der Waals surface area contributed by atoms with Gasteiger partial charge in [-0.1, -0.05) is 6.08 Å². The van der Waals surface area contributed by atoms with E-state index in [2.05, 4.69) is 0 Å². The molecule has 0 spiro atoms. The molecule has 6 nitrogen and oxygen atoms in total. The molecule has 0 saturated heterocycles. The molecule has 0 atom stereocenters. The summed E-state index contributed by atoms with van der Waals surface area (Å²) in [5.41, 5.74) is 0.